The molecule has 0 saturated carbocycles. The number of pyridine rings is 1. The summed E-state index contributed by atoms with van der Waals surface area (Å²) in [6.07, 6.45) is 3.43. The quantitative estimate of drug-likeness (QED) is 0.399. The first kappa shape index (κ1) is 17.2. The minimum absolute atomic E-state index is 0.0743. The van der Waals surface area contributed by atoms with Gasteiger partial charge in [0.05, 0.1) is 12.3 Å². The van der Waals surface area contributed by atoms with E-state index in [9.17, 15) is 4.79 Å². The molecule has 0 spiro atoms. The molecule has 0 unspecified atom stereocenters. The van der Waals surface area contributed by atoms with Gasteiger partial charge < -0.3 is 10.1 Å². The lowest BCUT2D eigenvalue weighted by molar-refractivity contribution is -0.118. The number of hydrogen-bond donors (Lipinski definition) is 1. The SMILES string of the molecule is Cc1ccnc(SCC(=O)NCCOc2cccc3cccnc23)n1. The summed E-state index contributed by atoms with van der Waals surface area (Å²) in [7, 11) is 0. The van der Waals surface area contributed by atoms with Gasteiger partial charge in [0.25, 0.3) is 0 Å². The molecular formula is C18H18N4O2S. The van der Waals surface area contributed by atoms with Crippen LogP contribution >= 0.6 is 11.8 Å². The van der Waals surface area contributed by atoms with Crippen molar-refractivity contribution in [1.29, 1.82) is 0 Å². The smallest absolute Gasteiger partial charge is 0.230 e. The summed E-state index contributed by atoms with van der Waals surface area (Å²) >= 11 is 1.31. The van der Waals surface area contributed by atoms with Crippen LogP contribution in [0.5, 0.6) is 5.75 Å². The van der Waals surface area contributed by atoms with Crippen molar-refractivity contribution in [2.75, 3.05) is 18.9 Å². The number of hydrogen-bond acceptors (Lipinski definition) is 6. The number of nitrogens with zero attached hydrogens (tertiary/aromatic N) is 3. The predicted octanol–water partition coefficient (Wildman–Crippen LogP) is 2.62. The Bertz CT molecular complexity index is 867. The number of nitrogens with one attached hydrogen (secondary N) is 1. The highest BCUT2D eigenvalue weighted by Crippen LogP contribution is 2.22. The lowest BCUT2D eigenvalue weighted by atomic mass is 10.2. The van der Waals surface area contributed by atoms with Crippen LogP contribution in [0, 0.1) is 6.92 Å². The van der Waals surface area contributed by atoms with Crippen LogP contribution < -0.4 is 10.1 Å². The number of ether oxygens (including phenoxy) is 1. The van der Waals surface area contributed by atoms with Gasteiger partial charge in [-0.15, -0.1) is 0 Å². The van der Waals surface area contributed by atoms with Gasteiger partial charge in [-0.2, -0.15) is 0 Å². The second-order valence-corrected chi connectivity index (χ2v) is 6.24. The minimum Gasteiger partial charge on any atom is -0.489 e. The lowest BCUT2D eigenvalue weighted by Gasteiger charge is -2.09. The lowest BCUT2D eigenvalue weighted by Crippen LogP contribution is -2.29. The molecule has 0 aliphatic heterocycles. The van der Waals surface area contributed by atoms with Crippen molar-refractivity contribution in [2.45, 2.75) is 12.1 Å². The number of rotatable bonds is 7. The van der Waals surface area contributed by atoms with Crippen LogP contribution in [0.4, 0.5) is 0 Å². The number of para-hydroxylation sites is 1. The molecule has 1 amide bonds. The molecule has 2 heterocycles. The molecule has 2 aromatic heterocycles. The largest absolute Gasteiger partial charge is 0.489 e. The second-order valence-electron chi connectivity index (χ2n) is 5.30. The van der Waals surface area contributed by atoms with E-state index >= 15 is 0 Å². The third-order valence-electron chi connectivity index (χ3n) is 3.38. The zero-order valence-corrected chi connectivity index (χ0v) is 14.6. The van der Waals surface area contributed by atoms with E-state index in [1.807, 2.05) is 43.3 Å². The third kappa shape index (κ3) is 4.90. The van der Waals surface area contributed by atoms with E-state index in [0.29, 0.717) is 18.3 Å². The average Bonchev–Trinajstić information content (AvgIpc) is 2.64. The van der Waals surface area contributed by atoms with Gasteiger partial charge in [0.1, 0.15) is 17.9 Å². The third-order valence-corrected chi connectivity index (χ3v) is 4.24. The summed E-state index contributed by atoms with van der Waals surface area (Å²) in [5.41, 5.74) is 1.71. The van der Waals surface area contributed by atoms with Crippen molar-refractivity contribution in [1.82, 2.24) is 20.3 Å². The van der Waals surface area contributed by atoms with Gasteiger partial charge in [-0.05, 0) is 25.1 Å². The molecule has 0 saturated heterocycles. The summed E-state index contributed by atoms with van der Waals surface area (Å²) in [4.78, 5) is 24.6. The molecule has 0 aliphatic carbocycles. The van der Waals surface area contributed by atoms with E-state index in [-0.39, 0.29) is 11.7 Å². The van der Waals surface area contributed by atoms with Crippen LogP contribution in [-0.4, -0.2) is 39.8 Å². The Kier molecular flexibility index (Phi) is 5.79. The fraction of sp³-hybridized carbons (Fsp3) is 0.222. The molecule has 0 fully saturated rings. The average molecular weight is 354 g/mol. The summed E-state index contributed by atoms with van der Waals surface area (Å²) in [5.74, 6) is 0.920. The van der Waals surface area contributed by atoms with Crippen LogP contribution in [0.25, 0.3) is 10.9 Å². The number of fused-ring (bicyclic) bond motifs is 1. The Balaban J connectivity index is 1.42. The maximum Gasteiger partial charge on any atom is 0.230 e. The summed E-state index contributed by atoms with van der Waals surface area (Å²) in [5, 5.41) is 4.46. The number of thioether (sulfide) groups is 1. The molecule has 3 aromatic rings. The minimum atomic E-state index is -0.0743. The molecule has 0 bridgehead atoms. The van der Waals surface area contributed by atoms with E-state index in [0.717, 1.165) is 22.3 Å². The highest BCUT2D eigenvalue weighted by Gasteiger charge is 2.06. The van der Waals surface area contributed by atoms with Gasteiger partial charge in [0.2, 0.25) is 5.91 Å². The highest BCUT2D eigenvalue weighted by atomic mass is 32.2. The second kappa shape index (κ2) is 8.43. The van der Waals surface area contributed by atoms with Gasteiger partial charge in [-0.25, -0.2) is 9.97 Å². The molecule has 0 aliphatic rings. The van der Waals surface area contributed by atoms with Crippen LogP contribution in [-0.2, 0) is 4.79 Å². The van der Waals surface area contributed by atoms with Crippen molar-refractivity contribution < 1.29 is 9.53 Å². The number of aromatic nitrogens is 3. The predicted molar refractivity (Wildman–Crippen MR) is 97.7 cm³/mol. The van der Waals surface area contributed by atoms with Gasteiger partial charge in [0.15, 0.2) is 5.16 Å². The van der Waals surface area contributed by atoms with Gasteiger partial charge in [0, 0.05) is 23.5 Å². The molecule has 6 nitrogen and oxygen atoms in total. The van der Waals surface area contributed by atoms with Crippen molar-refractivity contribution in [2.24, 2.45) is 0 Å². The maximum absolute atomic E-state index is 11.9. The Morgan fingerprint density at radius 2 is 2.04 bits per heavy atom. The Morgan fingerprint density at radius 3 is 2.92 bits per heavy atom. The summed E-state index contributed by atoms with van der Waals surface area (Å²) < 4.78 is 5.74. The van der Waals surface area contributed by atoms with Crippen LogP contribution in [0.1, 0.15) is 5.69 Å². The van der Waals surface area contributed by atoms with Crippen molar-refractivity contribution in [3.8, 4) is 5.75 Å². The topological polar surface area (TPSA) is 77.0 Å². The van der Waals surface area contributed by atoms with Gasteiger partial charge >= 0.3 is 0 Å². The monoisotopic (exact) mass is 354 g/mol. The normalized spacial score (nSPS) is 10.6. The van der Waals surface area contributed by atoms with Gasteiger partial charge in [-0.1, -0.05) is 30.0 Å². The fourth-order valence-corrected chi connectivity index (χ4v) is 2.93. The Morgan fingerprint density at radius 1 is 1.16 bits per heavy atom. The molecular weight excluding hydrogens is 336 g/mol. The van der Waals surface area contributed by atoms with Gasteiger partial charge in [-0.3, -0.25) is 9.78 Å². The molecule has 7 heteroatoms. The van der Waals surface area contributed by atoms with Crippen molar-refractivity contribution >= 4 is 28.6 Å². The zero-order chi connectivity index (χ0) is 17.5. The number of carbonyl (C=O) groups is 1. The van der Waals surface area contributed by atoms with E-state index in [4.69, 9.17) is 4.74 Å². The Labute approximate surface area is 150 Å². The number of aryl methyl sites for hydroxylation is 1. The first-order valence-electron chi connectivity index (χ1n) is 7.88. The maximum atomic E-state index is 11.9. The first-order chi connectivity index (χ1) is 12.2. The molecule has 0 atom stereocenters. The summed E-state index contributed by atoms with van der Waals surface area (Å²) in [6.45, 7) is 2.70. The number of benzene rings is 1. The molecule has 0 radical (unpaired) electrons. The van der Waals surface area contributed by atoms with Crippen LogP contribution in [0.3, 0.4) is 0 Å². The van der Waals surface area contributed by atoms with Crippen molar-refractivity contribution in [3.05, 3.63) is 54.5 Å². The van der Waals surface area contributed by atoms with E-state index in [1.54, 1.807) is 12.4 Å². The highest BCUT2D eigenvalue weighted by molar-refractivity contribution is 7.99. The molecule has 1 aromatic carbocycles. The standard InChI is InChI=1S/C18H18N4O2S/c1-13-7-9-21-18(22-13)25-12-16(23)19-10-11-24-15-6-2-4-14-5-3-8-20-17(14)15/h2-9H,10-12H2,1H3,(H,19,23). The zero-order valence-electron chi connectivity index (χ0n) is 13.8. The van der Waals surface area contributed by atoms with E-state index < -0.39 is 0 Å². The van der Waals surface area contributed by atoms with Crippen LogP contribution in [0.15, 0.2) is 53.9 Å². The van der Waals surface area contributed by atoms with Crippen molar-refractivity contribution in [3.63, 3.8) is 0 Å². The number of amides is 1. The van der Waals surface area contributed by atoms with E-state index in [2.05, 4.69) is 20.3 Å². The fourth-order valence-electron chi connectivity index (χ4n) is 2.22. The first-order valence-corrected chi connectivity index (χ1v) is 8.86. The Hall–Kier alpha value is -2.67. The molecule has 25 heavy (non-hydrogen) atoms. The summed E-state index contributed by atoms with van der Waals surface area (Å²) in [6, 6.07) is 11.5. The van der Waals surface area contributed by atoms with E-state index in [1.165, 1.54) is 11.8 Å². The number of carbonyl (C=O) groups excluding carboxylic acids is 1. The van der Waals surface area contributed by atoms with Crippen LogP contribution in [0.2, 0.25) is 0 Å². The molecule has 1 N–H and O–H groups in total. The molecule has 128 valence electrons. The molecule has 3 rings (SSSR count).